The molecule has 0 radical (unpaired) electrons. The van der Waals surface area contributed by atoms with Crippen LogP contribution < -0.4 is 0 Å². The van der Waals surface area contributed by atoms with E-state index in [2.05, 4.69) is 52.9 Å². The van der Waals surface area contributed by atoms with E-state index in [0.717, 1.165) is 19.4 Å². The number of rotatable bonds is 15. The first-order valence-corrected chi connectivity index (χ1v) is 12.8. The lowest BCUT2D eigenvalue weighted by molar-refractivity contribution is 0.190. The molecule has 0 atom stereocenters. The van der Waals surface area contributed by atoms with E-state index < -0.39 is 8.56 Å². The smallest absolute Gasteiger partial charge is 0.331 e. The largest absolute Gasteiger partial charge is 0.395 e. The topological polar surface area (TPSA) is 18.5 Å². The zero-order chi connectivity index (χ0) is 18.3. The number of unbranched alkanes of at least 4 members (excludes halogenated alkanes) is 6. The summed E-state index contributed by atoms with van der Waals surface area (Å²) in [5.74, 6) is 0. The molecule has 24 heavy (non-hydrogen) atoms. The predicted molar refractivity (Wildman–Crippen MR) is 110 cm³/mol. The normalized spacial score (nSPS) is 12.5. The molecular formula is C21H42O2Si. The van der Waals surface area contributed by atoms with E-state index in [0.29, 0.717) is 6.61 Å². The molecule has 0 N–H and O–H groups in total. The molecular weight excluding hydrogens is 312 g/mol. The lowest BCUT2D eigenvalue weighted by atomic mass is 10.1. The maximum Gasteiger partial charge on any atom is 0.331 e. The van der Waals surface area contributed by atoms with E-state index in [4.69, 9.17) is 8.85 Å². The van der Waals surface area contributed by atoms with Crippen LogP contribution in [0.4, 0.5) is 0 Å². The summed E-state index contributed by atoms with van der Waals surface area (Å²) in [4.78, 5) is 0. The van der Waals surface area contributed by atoms with E-state index >= 15 is 0 Å². The van der Waals surface area contributed by atoms with Crippen molar-refractivity contribution in [3.63, 3.8) is 0 Å². The maximum absolute atomic E-state index is 6.03. The highest BCUT2D eigenvalue weighted by Gasteiger charge is 2.23. The molecule has 142 valence electrons. The van der Waals surface area contributed by atoms with Crippen LogP contribution in [0.2, 0.25) is 13.1 Å². The average molecular weight is 355 g/mol. The highest BCUT2D eigenvalue weighted by molar-refractivity contribution is 6.64. The quantitative estimate of drug-likeness (QED) is 0.176. The van der Waals surface area contributed by atoms with Crippen LogP contribution in [-0.2, 0) is 8.85 Å². The summed E-state index contributed by atoms with van der Waals surface area (Å²) >= 11 is 0. The fourth-order valence-electron chi connectivity index (χ4n) is 2.49. The fourth-order valence-corrected chi connectivity index (χ4v) is 3.70. The van der Waals surface area contributed by atoms with Gasteiger partial charge in [-0.3, -0.25) is 0 Å². The molecule has 2 nitrogen and oxygen atoms in total. The molecule has 0 unspecified atom stereocenters. The minimum Gasteiger partial charge on any atom is -0.395 e. The molecule has 0 bridgehead atoms. The van der Waals surface area contributed by atoms with E-state index in [9.17, 15) is 0 Å². The SMILES string of the molecule is CCCCCCCCCO[Si](C)(C)OC/C=C(\C)CCC=C(C)C. The van der Waals surface area contributed by atoms with Crippen molar-refractivity contribution in [3.8, 4) is 0 Å². The second-order valence-electron chi connectivity index (χ2n) is 7.55. The van der Waals surface area contributed by atoms with Gasteiger partial charge in [-0.15, -0.1) is 0 Å². The zero-order valence-corrected chi connectivity index (χ0v) is 18.2. The van der Waals surface area contributed by atoms with Crippen molar-refractivity contribution in [1.82, 2.24) is 0 Å². The van der Waals surface area contributed by atoms with Gasteiger partial charge in [0, 0.05) is 6.61 Å². The minimum absolute atomic E-state index is 0.691. The molecule has 0 aromatic carbocycles. The molecule has 3 heteroatoms. The van der Waals surface area contributed by atoms with Gasteiger partial charge in [0.1, 0.15) is 0 Å². The van der Waals surface area contributed by atoms with Gasteiger partial charge in [-0.2, -0.15) is 0 Å². The first kappa shape index (κ1) is 23.6. The molecule has 0 aromatic rings. The van der Waals surface area contributed by atoms with Crippen molar-refractivity contribution in [2.75, 3.05) is 13.2 Å². The summed E-state index contributed by atoms with van der Waals surface area (Å²) in [6.07, 6.45) is 16.0. The Hall–Kier alpha value is -0.383. The number of allylic oxidation sites excluding steroid dienone is 3. The van der Waals surface area contributed by atoms with Gasteiger partial charge >= 0.3 is 8.56 Å². The van der Waals surface area contributed by atoms with Crippen LogP contribution in [0.25, 0.3) is 0 Å². The summed E-state index contributed by atoms with van der Waals surface area (Å²) in [6, 6.07) is 0. The Kier molecular flexibility index (Phi) is 14.7. The standard InChI is InChI=1S/C21H42O2Si/c1-7-8-9-10-11-12-13-18-22-24(5,6)23-19-17-21(4)16-14-15-20(2)3/h15,17H,7-14,16,18-19H2,1-6H3/b21-17+. The Morgan fingerprint density at radius 3 is 2.08 bits per heavy atom. The summed E-state index contributed by atoms with van der Waals surface area (Å²) < 4.78 is 12.0. The van der Waals surface area contributed by atoms with Crippen molar-refractivity contribution >= 4 is 8.56 Å². The Balaban J connectivity index is 3.71. The highest BCUT2D eigenvalue weighted by atomic mass is 28.4. The third kappa shape index (κ3) is 16.5. The van der Waals surface area contributed by atoms with Gasteiger partial charge < -0.3 is 8.85 Å². The molecule has 0 rings (SSSR count). The molecule has 0 fully saturated rings. The monoisotopic (exact) mass is 354 g/mol. The van der Waals surface area contributed by atoms with Gasteiger partial charge in [0.05, 0.1) is 6.61 Å². The van der Waals surface area contributed by atoms with Crippen molar-refractivity contribution in [2.45, 2.75) is 98.6 Å². The first-order valence-electron chi connectivity index (χ1n) is 9.94. The van der Waals surface area contributed by atoms with E-state index in [-0.39, 0.29) is 0 Å². The van der Waals surface area contributed by atoms with Crippen LogP contribution in [0.1, 0.15) is 85.5 Å². The molecule has 0 amide bonds. The Morgan fingerprint density at radius 2 is 1.46 bits per heavy atom. The Bertz CT molecular complexity index is 355. The van der Waals surface area contributed by atoms with Gasteiger partial charge in [0.2, 0.25) is 0 Å². The summed E-state index contributed by atoms with van der Waals surface area (Å²) in [5, 5.41) is 0. The number of hydrogen-bond acceptors (Lipinski definition) is 2. The molecule has 0 aromatic heterocycles. The van der Waals surface area contributed by atoms with Crippen molar-refractivity contribution in [2.24, 2.45) is 0 Å². The van der Waals surface area contributed by atoms with Crippen LogP contribution in [0.3, 0.4) is 0 Å². The summed E-state index contributed by atoms with van der Waals surface area (Å²) in [6.45, 7) is 14.6. The molecule has 0 aliphatic heterocycles. The average Bonchev–Trinajstić information content (AvgIpc) is 2.49. The molecule has 0 heterocycles. The predicted octanol–water partition coefficient (Wildman–Crippen LogP) is 7.16. The van der Waals surface area contributed by atoms with Crippen LogP contribution in [0.15, 0.2) is 23.3 Å². The van der Waals surface area contributed by atoms with Gasteiger partial charge in [0.15, 0.2) is 0 Å². The lowest BCUT2D eigenvalue weighted by Crippen LogP contribution is -2.35. The van der Waals surface area contributed by atoms with Gasteiger partial charge in [-0.05, 0) is 53.1 Å². The highest BCUT2D eigenvalue weighted by Crippen LogP contribution is 2.12. The Morgan fingerprint density at radius 1 is 0.833 bits per heavy atom. The van der Waals surface area contributed by atoms with Crippen LogP contribution in [0.5, 0.6) is 0 Å². The van der Waals surface area contributed by atoms with Crippen LogP contribution >= 0.6 is 0 Å². The van der Waals surface area contributed by atoms with Crippen molar-refractivity contribution < 1.29 is 8.85 Å². The van der Waals surface area contributed by atoms with E-state index in [1.165, 1.54) is 56.1 Å². The Labute approximate surface area is 153 Å². The number of hydrogen-bond donors (Lipinski definition) is 0. The van der Waals surface area contributed by atoms with Crippen molar-refractivity contribution in [1.29, 1.82) is 0 Å². The van der Waals surface area contributed by atoms with Gasteiger partial charge in [-0.25, -0.2) is 0 Å². The van der Waals surface area contributed by atoms with Gasteiger partial charge in [-0.1, -0.05) is 68.7 Å². The molecule has 0 aliphatic carbocycles. The second-order valence-corrected chi connectivity index (χ2v) is 10.9. The van der Waals surface area contributed by atoms with Gasteiger partial charge in [0.25, 0.3) is 0 Å². The molecule has 0 spiro atoms. The summed E-state index contributed by atoms with van der Waals surface area (Å²) in [7, 11) is -1.96. The van der Waals surface area contributed by atoms with E-state index in [1.54, 1.807) is 0 Å². The summed E-state index contributed by atoms with van der Waals surface area (Å²) in [5.41, 5.74) is 2.80. The van der Waals surface area contributed by atoms with E-state index in [1.807, 2.05) is 0 Å². The molecule has 0 saturated heterocycles. The zero-order valence-electron chi connectivity index (χ0n) is 17.2. The van der Waals surface area contributed by atoms with Crippen LogP contribution in [-0.4, -0.2) is 21.8 Å². The lowest BCUT2D eigenvalue weighted by Gasteiger charge is -2.22. The third-order valence-corrected chi connectivity index (χ3v) is 5.91. The van der Waals surface area contributed by atoms with Crippen LogP contribution in [0, 0.1) is 0 Å². The molecule has 0 saturated carbocycles. The van der Waals surface area contributed by atoms with Crippen molar-refractivity contribution in [3.05, 3.63) is 23.3 Å². The first-order chi connectivity index (χ1) is 11.4. The fraction of sp³-hybridized carbons (Fsp3) is 0.810. The third-order valence-electron chi connectivity index (χ3n) is 4.15. The minimum atomic E-state index is -1.96. The molecule has 0 aliphatic rings. The maximum atomic E-state index is 6.03. The second kappa shape index (κ2) is 14.9.